The number of Topliss-reactive ketones (excluding diaryl/α,β-unsaturated/α-hetero) is 1. The second-order valence-corrected chi connectivity index (χ2v) is 8.91. The largest absolute Gasteiger partial charge is 0.507 e. The van der Waals surface area contributed by atoms with Crippen LogP contribution >= 0.6 is 0 Å². The molecule has 1 aliphatic rings. The molecule has 1 amide bonds. The second kappa shape index (κ2) is 11.6. The van der Waals surface area contributed by atoms with E-state index in [9.17, 15) is 14.7 Å². The van der Waals surface area contributed by atoms with Gasteiger partial charge >= 0.3 is 0 Å². The van der Waals surface area contributed by atoms with E-state index in [1.807, 2.05) is 67.5 Å². The minimum absolute atomic E-state index is 0.0420. The van der Waals surface area contributed by atoms with Crippen molar-refractivity contribution in [2.75, 3.05) is 33.8 Å². The Hall–Kier alpha value is -4.36. The minimum Gasteiger partial charge on any atom is -0.507 e. The summed E-state index contributed by atoms with van der Waals surface area (Å²) in [5.74, 6) is 0.229. The molecule has 7 nitrogen and oxygen atoms in total. The van der Waals surface area contributed by atoms with Crippen LogP contribution in [0.1, 0.15) is 17.2 Å². The van der Waals surface area contributed by atoms with E-state index in [-0.39, 0.29) is 11.3 Å². The van der Waals surface area contributed by atoms with Crippen LogP contribution in [0.2, 0.25) is 0 Å². The summed E-state index contributed by atoms with van der Waals surface area (Å²) in [6.07, 6.45) is 1.64. The second-order valence-electron chi connectivity index (χ2n) is 8.91. The molecule has 3 aromatic rings. The first-order chi connectivity index (χ1) is 17.9. The Bertz CT molecular complexity index is 1300. The molecule has 1 heterocycles. The molecular formula is C30H30N2O5. The van der Waals surface area contributed by atoms with Crippen molar-refractivity contribution in [3.05, 3.63) is 108 Å². The number of aliphatic hydroxyl groups excluding tert-OH is 1. The number of benzene rings is 3. The number of aliphatic hydroxyl groups is 1. The molecular weight excluding hydrogens is 468 g/mol. The third-order valence-electron chi connectivity index (χ3n) is 5.98. The molecule has 0 aliphatic carbocycles. The number of ether oxygens (including phenoxy) is 2. The van der Waals surface area contributed by atoms with Crippen LogP contribution in [0.4, 0.5) is 0 Å². The fourth-order valence-electron chi connectivity index (χ4n) is 4.16. The first kappa shape index (κ1) is 25.7. The van der Waals surface area contributed by atoms with Gasteiger partial charge in [-0.1, -0.05) is 43.0 Å². The van der Waals surface area contributed by atoms with Gasteiger partial charge in [0.2, 0.25) is 0 Å². The van der Waals surface area contributed by atoms with E-state index in [1.54, 1.807) is 36.4 Å². The predicted molar refractivity (Wildman–Crippen MR) is 143 cm³/mol. The van der Waals surface area contributed by atoms with Crippen molar-refractivity contribution in [3.8, 4) is 17.2 Å². The smallest absolute Gasteiger partial charge is 0.295 e. The maximum atomic E-state index is 13.3. The maximum absolute atomic E-state index is 13.3. The molecule has 37 heavy (non-hydrogen) atoms. The number of likely N-dealkylation sites (tertiary alicyclic amines) is 1. The summed E-state index contributed by atoms with van der Waals surface area (Å²) < 4.78 is 11.5. The zero-order valence-corrected chi connectivity index (χ0v) is 21.0. The van der Waals surface area contributed by atoms with Gasteiger partial charge in [-0.3, -0.25) is 9.59 Å². The van der Waals surface area contributed by atoms with Crippen molar-refractivity contribution < 1.29 is 24.2 Å². The minimum atomic E-state index is -0.768. The van der Waals surface area contributed by atoms with E-state index in [0.29, 0.717) is 48.1 Å². The fraction of sp³-hybridized carbons (Fsp3) is 0.200. The Morgan fingerprint density at radius 2 is 1.68 bits per heavy atom. The van der Waals surface area contributed by atoms with Crippen molar-refractivity contribution in [1.29, 1.82) is 0 Å². The van der Waals surface area contributed by atoms with Gasteiger partial charge in [-0.15, -0.1) is 0 Å². The number of ketones is 1. The molecule has 7 heteroatoms. The van der Waals surface area contributed by atoms with Crippen LogP contribution < -0.4 is 9.47 Å². The van der Waals surface area contributed by atoms with Crippen LogP contribution in [0.5, 0.6) is 17.2 Å². The summed E-state index contributed by atoms with van der Waals surface area (Å²) in [7, 11) is 3.80. The van der Waals surface area contributed by atoms with Gasteiger partial charge < -0.3 is 24.4 Å². The van der Waals surface area contributed by atoms with E-state index in [0.717, 1.165) is 0 Å². The van der Waals surface area contributed by atoms with E-state index in [1.165, 1.54) is 4.90 Å². The van der Waals surface area contributed by atoms with Gasteiger partial charge in [0.05, 0.1) is 11.6 Å². The zero-order chi connectivity index (χ0) is 26.4. The SMILES string of the molecule is C=CCOc1ccc(C(O)=C2C(=O)C(=O)N(CCN(C)C)C2c2cccc(Oc3ccccc3)c2)cc1. The summed E-state index contributed by atoms with van der Waals surface area (Å²) >= 11 is 0. The summed E-state index contributed by atoms with van der Waals surface area (Å²) in [4.78, 5) is 29.9. The topological polar surface area (TPSA) is 79.3 Å². The lowest BCUT2D eigenvalue weighted by molar-refractivity contribution is -0.140. The van der Waals surface area contributed by atoms with Crippen LogP contribution in [0.3, 0.4) is 0 Å². The lowest BCUT2D eigenvalue weighted by Gasteiger charge is -2.27. The molecule has 1 N–H and O–H groups in total. The average Bonchev–Trinajstić information content (AvgIpc) is 3.16. The highest BCUT2D eigenvalue weighted by Crippen LogP contribution is 2.40. The highest BCUT2D eigenvalue weighted by molar-refractivity contribution is 6.46. The molecule has 0 saturated carbocycles. The summed E-state index contributed by atoms with van der Waals surface area (Å²) in [6, 6.07) is 22.5. The van der Waals surface area contributed by atoms with Gasteiger partial charge in [-0.25, -0.2) is 0 Å². The van der Waals surface area contributed by atoms with Crippen molar-refractivity contribution in [2.45, 2.75) is 6.04 Å². The Balaban J connectivity index is 1.75. The van der Waals surface area contributed by atoms with Crippen LogP contribution in [-0.2, 0) is 9.59 Å². The number of hydrogen-bond acceptors (Lipinski definition) is 6. The van der Waals surface area contributed by atoms with Gasteiger partial charge in [0.15, 0.2) is 0 Å². The number of carbonyl (C=O) groups is 2. The van der Waals surface area contributed by atoms with Crippen LogP contribution in [-0.4, -0.2) is 60.4 Å². The summed E-state index contributed by atoms with van der Waals surface area (Å²) in [5, 5.41) is 11.3. The number of carbonyl (C=O) groups excluding carboxylic acids is 2. The molecule has 3 aromatic carbocycles. The Labute approximate surface area is 216 Å². The van der Waals surface area contributed by atoms with Gasteiger partial charge in [0, 0.05) is 18.7 Å². The standard InChI is InChI=1S/C30H30N2O5/c1-4-19-36-23-15-13-21(14-16-23)28(33)26-27(32(18-17-31(2)3)30(35)29(26)34)22-9-8-12-25(20-22)37-24-10-6-5-7-11-24/h4-16,20,27,33H,1,17-19H2,2-3H3. The quantitative estimate of drug-likeness (QED) is 0.183. The van der Waals surface area contributed by atoms with Crippen LogP contribution in [0.15, 0.2) is 97.1 Å². The first-order valence-corrected chi connectivity index (χ1v) is 12.0. The lowest BCUT2D eigenvalue weighted by atomic mass is 9.95. The van der Waals surface area contributed by atoms with Gasteiger partial charge in [-0.05, 0) is 68.2 Å². The highest BCUT2D eigenvalue weighted by Gasteiger charge is 2.46. The molecule has 0 radical (unpaired) electrons. The summed E-state index contributed by atoms with van der Waals surface area (Å²) in [6.45, 7) is 4.85. The van der Waals surface area contributed by atoms with Crippen molar-refractivity contribution in [2.24, 2.45) is 0 Å². The molecule has 0 bridgehead atoms. The van der Waals surface area contributed by atoms with Gasteiger partial charge in [0.1, 0.15) is 29.6 Å². The number of amides is 1. The lowest BCUT2D eigenvalue weighted by Crippen LogP contribution is -2.35. The van der Waals surface area contributed by atoms with Crippen molar-refractivity contribution >= 4 is 17.4 Å². The molecule has 190 valence electrons. The van der Waals surface area contributed by atoms with Crippen LogP contribution in [0, 0.1) is 0 Å². The molecule has 1 unspecified atom stereocenters. The molecule has 1 fully saturated rings. The molecule has 4 rings (SSSR count). The Morgan fingerprint density at radius 1 is 0.973 bits per heavy atom. The molecule has 1 saturated heterocycles. The van der Waals surface area contributed by atoms with Crippen LogP contribution in [0.25, 0.3) is 5.76 Å². The number of hydrogen-bond donors (Lipinski definition) is 1. The zero-order valence-electron chi connectivity index (χ0n) is 21.0. The van der Waals surface area contributed by atoms with Gasteiger partial charge in [0.25, 0.3) is 11.7 Å². The average molecular weight is 499 g/mol. The number of likely N-dealkylation sites (N-methyl/N-ethyl adjacent to an activating group) is 1. The van der Waals surface area contributed by atoms with E-state index in [4.69, 9.17) is 9.47 Å². The third-order valence-corrected chi connectivity index (χ3v) is 5.98. The number of rotatable bonds is 10. The van der Waals surface area contributed by atoms with Crippen molar-refractivity contribution in [3.63, 3.8) is 0 Å². The molecule has 0 aromatic heterocycles. The van der Waals surface area contributed by atoms with E-state index >= 15 is 0 Å². The molecule has 1 atom stereocenters. The normalized spacial score (nSPS) is 16.7. The predicted octanol–water partition coefficient (Wildman–Crippen LogP) is 5.03. The fourth-order valence-corrected chi connectivity index (χ4v) is 4.16. The number of para-hydroxylation sites is 1. The van der Waals surface area contributed by atoms with E-state index < -0.39 is 17.7 Å². The summed E-state index contributed by atoms with van der Waals surface area (Å²) in [5.41, 5.74) is 1.12. The first-order valence-electron chi connectivity index (χ1n) is 12.0. The molecule has 0 spiro atoms. The molecule has 1 aliphatic heterocycles. The van der Waals surface area contributed by atoms with Crippen molar-refractivity contribution in [1.82, 2.24) is 9.80 Å². The Kier molecular flexibility index (Phi) is 8.05. The van der Waals surface area contributed by atoms with E-state index in [2.05, 4.69) is 6.58 Å². The monoisotopic (exact) mass is 498 g/mol. The number of nitrogens with zero attached hydrogens (tertiary/aromatic N) is 2. The van der Waals surface area contributed by atoms with Gasteiger partial charge in [-0.2, -0.15) is 0 Å². The highest BCUT2D eigenvalue weighted by atomic mass is 16.5. The third kappa shape index (κ3) is 5.90. The maximum Gasteiger partial charge on any atom is 0.295 e. The Morgan fingerprint density at radius 3 is 2.35 bits per heavy atom.